The minimum absolute atomic E-state index is 0.0572. The van der Waals surface area contributed by atoms with Gasteiger partial charge < -0.3 is 9.47 Å². The molecule has 0 aliphatic heterocycles. The van der Waals surface area contributed by atoms with Gasteiger partial charge in [-0.1, -0.05) is 6.08 Å². The van der Waals surface area contributed by atoms with Crippen LogP contribution in [0.4, 0.5) is 13.2 Å². The maximum atomic E-state index is 14.1. The number of benzene rings is 2. The molecule has 0 fully saturated rings. The van der Waals surface area contributed by atoms with Crippen molar-refractivity contribution in [2.45, 2.75) is 24.8 Å². The molecule has 3 rings (SSSR count). The van der Waals surface area contributed by atoms with Crippen molar-refractivity contribution in [3.8, 4) is 11.5 Å². The summed E-state index contributed by atoms with van der Waals surface area (Å²) < 4.78 is 51.0. The molecule has 0 amide bonds. The molecule has 2 aromatic carbocycles. The molecule has 1 aliphatic carbocycles. The first-order valence-electron chi connectivity index (χ1n) is 8.63. The highest BCUT2D eigenvalue weighted by molar-refractivity contribution is 5.90. The van der Waals surface area contributed by atoms with E-state index in [1.54, 1.807) is 12.1 Å². The van der Waals surface area contributed by atoms with Gasteiger partial charge in [0.2, 0.25) is 6.04 Å². The van der Waals surface area contributed by atoms with Crippen LogP contribution in [0.3, 0.4) is 0 Å². The van der Waals surface area contributed by atoms with Crippen molar-refractivity contribution >= 4 is 5.97 Å². The highest BCUT2D eigenvalue weighted by Crippen LogP contribution is 2.36. The van der Waals surface area contributed by atoms with Crippen molar-refractivity contribution in [1.82, 2.24) is 0 Å². The quantitative estimate of drug-likeness (QED) is 0.244. The Hall–Kier alpha value is -3.36. The van der Waals surface area contributed by atoms with Crippen LogP contribution in [0.2, 0.25) is 0 Å². The van der Waals surface area contributed by atoms with Crippen LogP contribution in [0.25, 0.3) is 0 Å². The summed E-state index contributed by atoms with van der Waals surface area (Å²) in [6, 6.07) is 5.77. The number of carbonyl (C=O) groups is 1. The van der Waals surface area contributed by atoms with Gasteiger partial charge in [0.15, 0.2) is 11.6 Å². The molecule has 0 saturated carbocycles. The van der Waals surface area contributed by atoms with Gasteiger partial charge in [-0.2, -0.15) is 0 Å². The molecule has 2 atom stereocenters. The number of methoxy groups -OCH3 is 1. The summed E-state index contributed by atoms with van der Waals surface area (Å²) in [5.74, 6) is -4.77. The van der Waals surface area contributed by atoms with Crippen LogP contribution in [0.15, 0.2) is 48.0 Å². The third kappa shape index (κ3) is 4.39. The highest BCUT2D eigenvalue weighted by atomic mass is 19.2. The first-order chi connectivity index (χ1) is 13.8. The number of hydrogen-bond donors (Lipinski definition) is 0. The van der Waals surface area contributed by atoms with E-state index in [-0.39, 0.29) is 29.7 Å². The first kappa shape index (κ1) is 20.4. The van der Waals surface area contributed by atoms with Gasteiger partial charge in [0.25, 0.3) is 0 Å². The van der Waals surface area contributed by atoms with Crippen LogP contribution in [-0.4, -0.2) is 24.0 Å². The molecule has 0 N–H and O–H groups in total. The smallest absolute Gasteiger partial charge is 0.339 e. The van der Waals surface area contributed by atoms with E-state index in [4.69, 9.17) is 9.47 Å². The average molecular weight is 407 g/mol. The van der Waals surface area contributed by atoms with E-state index in [1.807, 2.05) is 0 Å². The van der Waals surface area contributed by atoms with Gasteiger partial charge in [0.05, 0.1) is 13.0 Å². The predicted molar refractivity (Wildman–Crippen MR) is 95.8 cm³/mol. The summed E-state index contributed by atoms with van der Waals surface area (Å²) in [7, 11) is 1.48. The molecule has 0 aromatic heterocycles. The third-order valence-electron chi connectivity index (χ3n) is 4.75. The van der Waals surface area contributed by atoms with E-state index >= 15 is 0 Å². The monoisotopic (exact) mass is 407 g/mol. The second-order valence-electron chi connectivity index (χ2n) is 6.48. The Morgan fingerprint density at radius 1 is 1.07 bits per heavy atom. The Kier molecular flexibility index (Phi) is 5.86. The Labute approximate surface area is 163 Å². The summed E-state index contributed by atoms with van der Waals surface area (Å²) in [5.41, 5.74) is -0.244. The van der Waals surface area contributed by atoms with Crippen LogP contribution in [0.5, 0.6) is 11.5 Å². The standard InChI is InChI=1S/C20H16F3NO5/c1-28-12-3-5-13(6-4-12)29-20(25)11-2-7-14(19(8-11)24(26)27)15-9-17(22)18(23)10-16(15)21/h2-6,9-10,14,19H,7-8H2,1H3/t14-,19+/m1/s1. The third-order valence-corrected chi connectivity index (χ3v) is 4.75. The number of nitrogens with zero attached hydrogens (tertiary/aromatic N) is 1. The topological polar surface area (TPSA) is 78.7 Å². The zero-order valence-electron chi connectivity index (χ0n) is 15.2. The van der Waals surface area contributed by atoms with Crippen molar-refractivity contribution < 1.29 is 32.4 Å². The van der Waals surface area contributed by atoms with Crippen LogP contribution < -0.4 is 9.47 Å². The molecular formula is C20H16F3NO5. The number of carbonyl (C=O) groups excluding carboxylic acids is 1. The second kappa shape index (κ2) is 8.34. The zero-order valence-corrected chi connectivity index (χ0v) is 15.2. The summed E-state index contributed by atoms with van der Waals surface area (Å²) in [6.45, 7) is 0. The lowest BCUT2D eigenvalue weighted by atomic mass is 9.80. The molecule has 2 aromatic rings. The molecule has 29 heavy (non-hydrogen) atoms. The minimum Gasteiger partial charge on any atom is -0.497 e. The summed E-state index contributed by atoms with van der Waals surface area (Å²) >= 11 is 0. The molecule has 152 valence electrons. The summed E-state index contributed by atoms with van der Waals surface area (Å²) in [5, 5.41) is 11.5. The largest absolute Gasteiger partial charge is 0.497 e. The fourth-order valence-corrected chi connectivity index (χ4v) is 3.24. The van der Waals surface area contributed by atoms with Gasteiger partial charge in [0.1, 0.15) is 17.3 Å². The number of esters is 1. The lowest BCUT2D eigenvalue weighted by Crippen LogP contribution is -2.33. The van der Waals surface area contributed by atoms with Gasteiger partial charge in [-0.05, 0) is 36.8 Å². The van der Waals surface area contributed by atoms with Crippen LogP contribution in [0, 0.1) is 27.6 Å². The van der Waals surface area contributed by atoms with Crippen LogP contribution in [0.1, 0.15) is 24.3 Å². The molecule has 0 spiro atoms. The lowest BCUT2D eigenvalue weighted by molar-refractivity contribution is -0.526. The highest BCUT2D eigenvalue weighted by Gasteiger charge is 2.39. The van der Waals surface area contributed by atoms with Crippen molar-refractivity contribution in [1.29, 1.82) is 0 Å². The summed E-state index contributed by atoms with van der Waals surface area (Å²) in [4.78, 5) is 23.2. The second-order valence-corrected chi connectivity index (χ2v) is 6.48. The minimum atomic E-state index is -1.39. The number of nitro groups is 1. The Morgan fingerprint density at radius 2 is 1.69 bits per heavy atom. The normalized spacial score (nSPS) is 18.7. The number of rotatable bonds is 5. The molecule has 0 radical (unpaired) electrons. The van der Waals surface area contributed by atoms with E-state index < -0.39 is 40.3 Å². The van der Waals surface area contributed by atoms with Crippen molar-refractivity contribution in [2.24, 2.45) is 0 Å². The van der Waals surface area contributed by atoms with E-state index in [2.05, 4.69) is 0 Å². The molecular weight excluding hydrogens is 391 g/mol. The molecule has 9 heteroatoms. The molecule has 0 unspecified atom stereocenters. The van der Waals surface area contributed by atoms with Gasteiger partial charge >= 0.3 is 5.97 Å². The maximum absolute atomic E-state index is 14.1. The number of hydrogen-bond acceptors (Lipinski definition) is 5. The zero-order chi connectivity index (χ0) is 21.1. The predicted octanol–water partition coefficient (Wildman–Crippen LogP) is 4.17. The number of allylic oxidation sites excluding steroid dienone is 1. The maximum Gasteiger partial charge on any atom is 0.339 e. The van der Waals surface area contributed by atoms with Crippen molar-refractivity contribution in [3.63, 3.8) is 0 Å². The molecule has 0 saturated heterocycles. The van der Waals surface area contributed by atoms with Crippen LogP contribution >= 0.6 is 0 Å². The Morgan fingerprint density at radius 3 is 2.31 bits per heavy atom. The molecule has 6 nitrogen and oxygen atoms in total. The number of halogens is 3. The molecule has 0 heterocycles. The van der Waals surface area contributed by atoms with Gasteiger partial charge in [0, 0.05) is 28.5 Å². The van der Waals surface area contributed by atoms with E-state index in [0.29, 0.717) is 17.9 Å². The summed E-state index contributed by atoms with van der Waals surface area (Å²) in [6.07, 6.45) is 0.975. The van der Waals surface area contributed by atoms with E-state index in [0.717, 1.165) is 0 Å². The van der Waals surface area contributed by atoms with Gasteiger partial charge in [-0.15, -0.1) is 0 Å². The Balaban J connectivity index is 1.82. The van der Waals surface area contributed by atoms with Crippen molar-refractivity contribution in [2.75, 3.05) is 7.11 Å². The SMILES string of the molecule is COc1ccc(OC(=O)C2=CC[C@H](c3cc(F)c(F)cc3F)[C@@H]([N+](=O)[O-])C2)cc1. The van der Waals surface area contributed by atoms with Gasteiger partial charge in [-0.25, -0.2) is 18.0 Å². The molecule has 0 bridgehead atoms. The average Bonchev–Trinajstić information content (AvgIpc) is 2.70. The molecule has 1 aliphatic rings. The fourth-order valence-electron chi connectivity index (χ4n) is 3.24. The Bertz CT molecular complexity index is 975. The van der Waals surface area contributed by atoms with Crippen LogP contribution in [-0.2, 0) is 4.79 Å². The fraction of sp³-hybridized carbons (Fsp3) is 0.250. The first-order valence-corrected chi connectivity index (χ1v) is 8.63. The number of ether oxygens (including phenoxy) is 2. The van der Waals surface area contributed by atoms with Crippen molar-refractivity contribution in [3.05, 3.63) is 81.2 Å². The lowest BCUT2D eigenvalue weighted by Gasteiger charge is -2.25. The van der Waals surface area contributed by atoms with E-state index in [1.165, 1.54) is 25.3 Å². The van der Waals surface area contributed by atoms with Gasteiger partial charge in [-0.3, -0.25) is 10.1 Å². The van der Waals surface area contributed by atoms with E-state index in [9.17, 15) is 28.1 Å².